The number of hydrogen-bond acceptors (Lipinski definition) is 7. The van der Waals surface area contributed by atoms with Crippen molar-refractivity contribution in [3.63, 3.8) is 0 Å². The molecule has 3 heterocycles. The second-order valence-electron chi connectivity index (χ2n) is 11.5. The summed E-state index contributed by atoms with van der Waals surface area (Å²) < 4.78 is 74.3. The van der Waals surface area contributed by atoms with E-state index in [0.29, 0.717) is 29.8 Å². The van der Waals surface area contributed by atoms with E-state index in [4.69, 9.17) is 9.72 Å². The molecule has 2 fully saturated rings. The van der Waals surface area contributed by atoms with Gasteiger partial charge in [-0.25, -0.2) is 22.8 Å². The summed E-state index contributed by atoms with van der Waals surface area (Å²) in [5.74, 6) is 0.163. The van der Waals surface area contributed by atoms with Crippen molar-refractivity contribution in [2.45, 2.75) is 63.3 Å². The summed E-state index contributed by atoms with van der Waals surface area (Å²) in [6.45, 7) is 6.26. The summed E-state index contributed by atoms with van der Waals surface area (Å²) in [4.78, 5) is 20.0. The third-order valence-electron chi connectivity index (χ3n) is 7.68. The van der Waals surface area contributed by atoms with Gasteiger partial charge in [-0.1, -0.05) is 25.1 Å². The lowest BCUT2D eigenvalue weighted by Crippen LogP contribution is -2.41. The molecule has 2 aromatic heterocycles. The van der Waals surface area contributed by atoms with E-state index in [1.165, 1.54) is 22.9 Å². The van der Waals surface area contributed by atoms with E-state index in [2.05, 4.69) is 16.7 Å². The maximum absolute atomic E-state index is 13.4. The number of rotatable bonds is 9. The van der Waals surface area contributed by atoms with Crippen LogP contribution in [0.3, 0.4) is 0 Å². The number of carbonyl (C=O) groups excluding carboxylic acids is 1. The first-order valence-corrected chi connectivity index (χ1v) is 14.8. The monoisotopic (exact) mass is 625 g/mol. The van der Waals surface area contributed by atoms with Gasteiger partial charge in [0.15, 0.2) is 5.82 Å². The van der Waals surface area contributed by atoms with Crippen molar-refractivity contribution >= 4 is 35.2 Å². The Morgan fingerprint density at radius 1 is 1.12 bits per heavy atom. The van der Waals surface area contributed by atoms with Gasteiger partial charge in [-0.05, 0) is 69.4 Å². The van der Waals surface area contributed by atoms with Crippen LogP contribution >= 0.6 is 13.5 Å². The number of amides is 1. The Labute approximate surface area is 250 Å². The number of halogens is 3. The normalized spacial score (nSPS) is 19.3. The fourth-order valence-electron chi connectivity index (χ4n) is 5.32. The summed E-state index contributed by atoms with van der Waals surface area (Å²) in [5.41, 5.74) is -1.60. The lowest BCUT2D eigenvalue weighted by molar-refractivity contribution is -0.202. The third kappa shape index (κ3) is 6.45. The molecule has 9 nitrogen and oxygen atoms in total. The van der Waals surface area contributed by atoms with Crippen molar-refractivity contribution in [1.29, 1.82) is 0 Å². The summed E-state index contributed by atoms with van der Waals surface area (Å²) in [5, 5.41) is 4.41. The van der Waals surface area contributed by atoms with E-state index >= 15 is 0 Å². The molecule has 2 aliphatic rings. The molecule has 228 valence electrons. The zero-order valence-corrected chi connectivity index (χ0v) is 25.3. The molecule has 1 aromatic carbocycles. The largest absolute Gasteiger partial charge is 0.396 e. The fourth-order valence-corrected chi connectivity index (χ4v) is 6.31. The molecule has 0 radical (unpaired) electrons. The molecule has 14 heteroatoms. The van der Waals surface area contributed by atoms with Crippen LogP contribution < -0.4 is 9.62 Å². The first kappa shape index (κ1) is 31.8. The fraction of sp³-hybridized carbons (Fsp3) is 0.464. The van der Waals surface area contributed by atoms with Gasteiger partial charge in [-0.2, -0.15) is 31.8 Å². The molecule has 1 aliphatic carbocycles. The van der Waals surface area contributed by atoms with Crippen LogP contribution in [0.1, 0.15) is 56.1 Å². The molecule has 42 heavy (non-hydrogen) atoms. The number of pyridine rings is 1. The van der Waals surface area contributed by atoms with E-state index in [1.54, 1.807) is 36.5 Å². The molecule has 0 spiro atoms. The SMILES string of the molecule is C[C@@H]1CN(c2nc(-n3ccc(COCC4(C(F)(F)F)CC4)n3)ccc2C(=O)NS(=O)(=O)c2ccccc2)C(C)(C)C1.S. The Hall–Kier alpha value is -3.10. The van der Waals surface area contributed by atoms with Gasteiger partial charge in [0.2, 0.25) is 0 Å². The molecule has 3 aromatic rings. The number of aromatic nitrogens is 3. The van der Waals surface area contributed by atoms with Crippen LogP contribution in [-0.2, 0) is 21.4 Å². The highest BCUT2D eigenvalue weighted by molar-refractivity contribution is 7.90. The van der Waals surface area contributed by atoms with Crippen LogP contribution in [-0.4, -0.2) is 54.0 Å². The van der Waals surface area contributed by atoms with E-state index in [-0.39, 0.29) is 48.9 Å². The minimum atomic E-state index is -4.29. The number of carbonyl (C=O) groups is 1. The van der Waals surface area contributed by atoms with Gasteiger partial charge >= 0.3 is 6.18 Å². The number of alkyl halides is 3. The van der Waals surface area contributed by atoms with Gasteiger partial charge in [0.25, 0.3) is 15.9 Å². The average molecular weight is 626 g/mol. The molecule has 0 unspecified atom stereocenters. The van der Waals surface area contributed by atoms with Gasteiger partial charge in [-0.15, -0.1) is 0 Å². The molecule has 1 aliphatic heterocycles. The molecule has 0 bridgehead atoms. The molecular formula is C28H34F3N5O4S2. The molecule has 1 amide bonds. The molecule has 1 saturated carbocycles. The summed E-state index contributed by atoms with van der Waals surface area (Å²) in [6.07, 6.45) is -1.71. The Morgan fingerprint density at radius 3 is 2.40 bits per heavy atom. The Balaban J connectivity index is 0.00000405. The van der Waals surface area contributed by atoms with Crippen molar-refractivity contribution in [2.24, 2.45) is 11.3 Å². The highest BCUT2D eigenvalue weighted by atomic mass is 32.2. The Morgan fingerprint density at radius 2 is 1.81 bits per heavy atom. The summed E-state index contributed by atoms with van der Waals surface area (Å²) in [6, 6.07) is 12.3. The van der Waals surface area contributed by atoms with Gasteiger partial charge in [-0.3, -0.25) is 4.79 Å². The predicted octanol–water partition coefficient (Wildman–Crippen LogP) is 4.98. The first-order valence-electron chi connectivity index (χ1n) is 13.3. The van der Waals surface area contributed by atoms with E-state index in [9.17, 15) is 26.4 Å². The van der Waals surface area contributed by atoms with Crippen molar-refractivity contribution in [1.82, 2.24) is 19.5 Å². The van der Waals surface area contributed by atoms with Gasteiger partial charge < -0.3 is 9.64 Å². The zero-order valence-electron chi connectivity index (χ0n) is 23.5. The second kappa shape index (κ2) is 11.5. The molecule has 1 atom stereocenters. The maximum atomic E-state index is 13.4. The average Bonchev–Trinajstić information content (AvgIpc) is 3.47. The maximum Gasteiger partial charge on any atom is 0.396 e. The number of sulfonamides is 1. The standard InChI is InChI=1S/C28H32F3N5O4S.H2S/c1-19-15-26(2,3)35(16-19)24-22(25(37)34-41(38,39)21-7-5-4-6-8-21)9-10-23(32-24)36-14-11-20(33-36)17-40-18-27(12-13-27)28(29,30)31;/h4-11,14,19H,12-13,15-18H2,1-3H3,(H,34,37);1H2/t19-;/m0./s1. The van der Waals surface area contributed by atoms with Crippen LogP contribution in [0.4, 0.5) is 19.0 Å². The Kier molecular flexibility index (Phi) is 8.74. The lowest BCUT2D eigenvalue weighted by atomic mass is 9.97. The number of anilines is 1. The number of nitrogens with one attached hydrogen (secondary N) is 1. The van der Waals surface area contributed by atoms with Crippen LogP contribution in [0.2, 0.25) is 0 Å². The highest BCUT2D eigenvalue weighted by Crippen LogP contribution is 2.57. The third-order valence-corrected chi connectivity index (χ3v) is 9.02. The minimum absolute atomic E-state index is 0. The molecular weight excluding hydrogens is 591 g/mol. The van der Waals surface area contributed by atoms with E-state index in [1.807, 2.05) is 18.7 Å². The minimum Gasteiger partial charge on any atom is -0.374 e. The highest BCUT2D eigenvalue weighted by Gasteiger charge is 2.63. The van der Waals surface area contributed by atoms with Crippen molar-refractivity contribution in [3.05, 3.63) is 66.0 Å². The van der Waals surface area contributed by atoms with Crippen LogP contribution in [0, 0.1) is 11.3 Å². The first-order chi connectivity index (χ1) is 19.2. The lowest BCUT2D eigenvalue weighted by Gasteiger charge is -2.34. The van der Waals surface area contributed by atoms with Crippen molar-refractivity contribution in [3.8, 4) is 5.82 Å². The van der Waals surface area contributed by atoms with Crippen molar-refractivity contribution < 1.29 is 31.1 Å². The smallest absolute Gasteiger partial charge is 0.374 e. The number of nitrogens with zero attached hydrogens (tertiary/aromatic N) is 4. The van der Waals surface area contributed by atoms with Gasteiger partial charge in [0.05, 0.1) is 34.8 Å². The van der Waals surface area contributed by atoms with Crippen LogP contribution in [0.15, 0.2) is 59.6 Å². The number of ether oxygens (including phenoxy) is 1. The van der Waals surface area contributed by atoms with Gasteiger partial charge in [0, 0.05) is 18.3 Å². The van der Waals surface area contributed by atoms with Crippen molar-refractivity contribution in [2.75, 3.05) is 18.1 Å². The predicted molar refractivity (Wildman–Crippen MR) is 155 cm³/mol. The topological polar surface area (TPSA) is 106 Å². The molecule has 5 rings (SSSR count). The molecule has 1 saturated heterocycles. The number of hydrogen-bond donors (Lipinski definition) is 1. The van der Waals surface area contributed by atoms with E-state index in [0.717, 1.165) is 6.42 Å². The van der Waals surface area contributed by atoms with Crippen LogP contribution in [0.25, 0.3) is 5.82 Å². The quantitative estimate of drug-likeness (QED) is 0.358. The number of benzene rings is 1. The summed E-state index contributed by atoms with van der Waals surface area (Å²) >= 11 is 0. The van der Waals surface area contributed by atoms with Crippen LogP contribution in [0.5, 0.6) is 0 Å². The van der Waals surface area contributed by atoms with Gasteiger partial charge in [0.1, 0.15) is 5.82 Å². The summed E-state index contributed by atoms with van der Waals surface area (Å²) in [7, 11) is -4.12. The Bertz CT molecular complexity index is 1540. The zero-order chi connectivity index (χ0) is 29.6. The van der Waals surface area contributed by atoms with E-state index < -0.39 is 34.1 Å². The second-order valence-corrected chi connectivity index (χ2v) is 13.2. The molecule has 1 N–H and O–H groups in total.